The number of para-hydroxylation sites is 2. The second-order valence-electron chi connectivity index (χ2n) is 20.5. The highest BCUT2D eigenvalue weighted by Gasteiger charge is 2.55. The molecular formula is C67H54N2O2. The highest BCUT2D eigenvalue weighted by atomic mass is 16.3. The van der Waals surface area contributed by atoms with E-state index in [2.05, 4.69) is 238 Å². The van der Waals surface area contributed by atoms with Gasteiger partial charge in [0.05, 0.1) is 22.8 Å². The number of hydrogen-bond acceptors (Lipinski definition) is 4. The topological polar surface area (TPSA) is 32.8 Å². The second-order valence-corrected chi connectivity index (χ2v) is 20.5. The fourth-order valence-electron chi connectivity index (χ4n) is 12.7. The summed E-state index contributed by atoms with van der Waals surface area (Å²) in [6.45, 7) is 9.07. The molecule has 0 fully saturated rings. The zero-order valence-corrected chi connectivity index (χ0v) is 40.6. The molecule has 0 saturated heterocycles. The quantitative estimate of drug-likeness (QED) is 0.152. The third-order valence-electron chi connectivity index (χ3n) is 16.0. The molecule has 1 unspecified atom stereocenters. The number of furan rings is 2. The van der Waals surface area contributed by atoms with Crippen LogP contribution in [0.4, 0.5) is 28.4 Å². The Morgan fingerprint density at radius 1 is 0.535 bits per heavy atom. The third kappa shape index (κ3) is 6.04. The first-order chi connectivity index (χ1) is 34.9. The number of hydrogen-bond donors (Lipinski definition) is 0. The number of nitrogens with zero attached hydrogens (tertiary/aromatic N) is 2. The van der Waals surface area contributed by atoms with Crippen molar-refractivity contribution in [3.8, 4) is 22.3 Å². The number of benzene rings is 8. The number of anilines is 5. The van der Waals surface area contributed by atoms with Crippen molar-refractivity contribution in [3.05, 3.63) is 239 Å². The van der Waals surface area contributed by atoms with Gasteiger partial charge in [0.15, 0.2) is 5.58 Å². The van der Waals surface area contributed by atoms with Crippen LogP contribution < -0.4 is 9.80 Å². The molecule has 8 aromatic carbocycles. The van der Waals surface area contributed by atoms with Gasteiger partial charge in [-0.2, -0.15) is 0 Å². The molecule has 0 bridgehead atoms. The number of rotatable bonds is 8. The Bertz CT molecular complexity index is 3810. The van der Waals surface area contributed by atoms with Gasteiger partial charge in [-0.25, -0.2) is 0 Å². The smallest absolute Gasteiger partial charge is 0.159 e. The van der Waals surface area contributed by atoms with Crippen LogP contribution in [0.2, 0.25) is 0 Å². The Labute approximate surface area is 415 Å². The maximum Gasteiger partial charge on any atom is 0.159 e. The average Bonchev–Trinajstić information content (AvgIpc) is 4.16. The van der Waals surface area contributed by atoms with Gasteiger partial charge in [0.2, 0.25) is 0 Å². The summed E-state index contributed by atoms with van der Waals surface area (Å²) in [5.74, 6) is 1.77. The Balaban J connectivity index is 1.17. The molecule has 14 rings (SSSR count). The molecule has 4 nitrogen and oxygen atoms in total. The summed E-state index contributed by atoms with van der Waals surface area (Å²) in [4.78, 5) is 5.04. The van der Waals surface area contributed by atoms with E-state index in [9.17, 15) is 0 Å². The van der Waals surface area contributed by atoms with Crippen molar-refractivity contribution in [1.82, 2.24) is 0 Å². The van der Waals surface area contributed by atoms with E-state index in [4.69, 9.17) is 8.83 Å². The SMILES string of the molecule is CC(C)c1ccc(N(c2ccccc2)c2cc3c(c4oc5c(c24)CCC=C5)-c2c(cc(N(c4ccc(C(C)C)cc4)C4C=CC=CC4)c4oc5ccccc5c24)C32c3ccccc3-c3ccccc32)cc1. The molecule has 0 saturated carbocycles. The van der Waals surface area contributed by atoms with Gasteiger partial charge in [-0.05, 0) is 136 Å². The monoisotopic (exact) mass is 918 g/mol. The minimum Gasteiger partial charge on any atom is -0.456 e. The molecule has 10 aromatic rings. The summed E-state index contributed by atoms with van der Waals surface area (Å²) in [5.41, 5.74) is 21.2. The summed E-state index contributed by atoms with van der Waals surface area (Å²) in [7, 11) is 0. The Morgan fingerprint density at radius 3 is 1.85 bits per heavy atom. The summed E-state index contributed by atoms with van der Waals surface area (Å²) in [6.07, 6.45) is 16.2. The summed E-state index contributed by atoms with van der Waals surface area (Å²) in [5, 5.41) is 3.39. The first kappa shape index (κ1) is 41.9. The van der Waals surface area contributed by atoms with Gasteiger partial charge in [-0.3, -0.25) is 0 Å². The summed E-state index contributed by atoms with van der Waals surface area (Å²) < 4.78 is 14.9. The summed E-state index contributed by atoms with van der Waals surface area (Å²) in [6, 6.07) is 61.5. The van der Waals surface area contributed by atoms with Crippen LogP contribution in [0.25, 0.3) is 61.2 Å². The van der Waals surface area contributed by atoms with E-state index in [0.717, 1.165) is 86.5 Å². The molecule has 71 heavy (non-hydrogen) atoms. The van der Waals surface area contributed by atoms with Crippen LogP contribution in [0.15, 0.2) is 203 Å². The van der Waals surface area contributed by atoms with Gasteiger partial charge < -0.3 is 18.6 Å². The average molecular weight is 919 g/mol. The third-order valence-corrected chi connectivity index (χ3v) is 16.0. The lowest BCUT2D eigenvalue weighted by molar-refractivity contribution is 0.596. The minimum atomic E-state index is -0.732. The van der Waals surface area contributed by atoms with E-state index in [0.29, 0.717) is 11.8 Å². The van der Waals surface area contributed by atoms with E-state index in [-0.39, 0.29) is 6.04 Å². The molecule has 0 amide bonds. The van der Waals surface area contributed by atoms with Crippen LogP contribution in [0.5, 0.6) is 0 Å². The molecule has 344 valence electrons. The molecule has 1 atom stereocenters. The van der Waals surface area contributed by atoms with Crippen molar-refractivity contribution in [2.24, 2.45) is 0 Å². The van der Waals surface area contributed by atoms with E-state index in [1.54, 1.807) is 0 Å². The number of allylic oxidation sites excluding steroid dienone is 3. The van der Waals surface area contributed by atoms with Crippen LogP contribution in [-0.2, 0) is 11.8 Å². The molecule has 2 heterocycles. The zero-order valence-electron chi connectivity index (χ0n) is 40.6. The predicted octanol–water partition coefficient (Wildman–Crippen LogP) is 18.4. The number of aryl methyl sites for hydroxylation is 1. The van der Waals surface area contributed by atoms with Crippen LogP contribution in [0.1, 0.15) is 97.1 Å². The van der Waals surface area contributed by atoms with E-state index in [1.807, 2.05) is 0 Å². The van der Waals surface area contributed by atoms with Gasteiger partial charge in [-0.1, -0.05) is 167 Å². The van der Waals surface area contributed by atoms with Gasteiger partial charge in [0.1, 0.15) is 16.9 Å². The van der Waals surface area contributed by atoms with Crippen molar-refractivity contribution in [3.63, 3.8) is 0 Å². The second kappa shape index (κ2) is 16.0. The maximum atomic E-state index is 7.52. The molecule has 0 N–H and O–H groups in total. The normalized spacial score (nSPS) is 15.8. The zero-order chi connectivity index (χ0) is 47.5. The largest absolute Gasteiger partial charge is 0.456 e. The molecule has 4 aliphatic rings. The van der Waals surface area contributed by atoms with Crippen LogP contribution in [0.3, 0.4) is 0 Å². The van der Waals surface area contributed by atoms with Crippen LogP contribution in [-0.4, -0.2) is 6.04 Å². The van der Waals surface area contributed by atoms with Crippen molar-refractivity contribution in [1.29, 1.82) is 0 Å². The van der Waals surface area contributed by atoms with E-state index in [1.165, 1.54) is 61.0 Å². The summed E-state index contributed by atoms with van der Waals surface area (Å²) >= 11 is 0. The maximum absolute atomic E-state index is 7.52. The van der Waals surface area contributed by atoms with Crippen LogP contribution >= 0.6 is 0 Å². The first-order valence-corrected chi connectivity index (χ1v) is 25.6. The Hall–Kier alpha value is -8.08. The van der Waals surface area contributed by atoms with E-state index < -0.39 is 5.41 Å². The Morgan fingerprint density at radius 2 is 1.15 bits per heavy atom. The highest BCUT2D eigenvalue weighted by Crippen LogP contribution is 2.68. The Kier molecular flexibility index (Phi) is 9.42. The van der Waals surface area contributed by atoms with Gasteiger partial charge in [0, 0.05) is 49.9 Å². The lowest BCUT2D eigenvalue weighted by Gasteiger charge is -2.35. The molecule has 0 aliphatic heterocycles. The van der Waals surface area contributed by atoms with Crippen LogP contribution in [0, 0.1) is 0 Å². The molecular weight excluding hydrogens is 865 g/mol. The predicted molar refractivity (Wildman–Crippen MR) is 295 cm³/mol. The van der Waals surface area contributed by atoms with Crippen molar-refractivity contribution in [2.45, 2.75) is 70.3 Å². The molecule has 0 radical (unpaired) electrons. The molecule has 4 heteroatoms. The standard InChI is InChI=1S/C67H54N2O2/c1-41(2)43-31-35-47(36-32-43)68(45-19-7-5-8-20-45)57-39-56-64(66-61(57)51-25-13-17-29-59(51)71-66)63-55(67(56)53-27-15-11-23-49(53)50-24-12-16-28-54(50)67)40-58(65-62(63)52-26-14-18-30-60(52)70-65)69(46-21-9-6-10-22-46)48-37-33-44(34-38-48)42(3)4/h5-12,14-21,23-24,26-42,46H,13,22,25H2,1-4H3. The first-order valence-electron chi connectivity index (χ1n) is 25.6. The van der Waals surface area contributed by atoms with E-state index >= 15 is 0 Å². The highest BCUT2D eigenvalue weighted by molar-refractivity contribution is 6.23. The fraction of sp³-hybridized carbons (Fsp3) is 0.164. The molecule has 2 aromatic heterocycles. The van der Waals surface area contributed by atoms with Crippen molar-refractivity contribution < 1.29 is 8.83 Å². The minimum absolute atomic E-state index is 0.0469. The van der Waals surface area contributed by atoms with Gasteiger partial charge in [-0.15, -0.1) is 0 Å². The van der Waals surface area contributed by atoms with Gasteiger partial charge in [0.25, 0.3) is 0 Å². The van der Waals surface area contributed by atoms with Gasteiger partial charge >= 0.3 is 0 Å². The van der Waals surface area contributed by atoms with Crippen molar-refractivity contribution in [2.75, 3.05) is 9.80 Å². The number of fused-ring (bicyclic) bond motifs is 18. The lowest BCUT2D eigenvalue weighted by Crippen LogP contribution is -2.31. The molecule has 1 spiro atoms. The fourth-order valence-corrected chi connectivity index (χ4v) is 12.7. The molecule has 4 aliphatic carbocycles. The lowest BCUT2D eigenvalue weighted by atomic mass is 9.70. The van der Waals surface area contributed by atoms with Crippen molar-refractivity contribution >= 4 is 67.4 Å².